The summed E-state index contributed by atoms with van der Waals surface area (Å²) in [6.07, 6.45) is 1.56. The van der Waals surface area contributed by atoms with Crippen LogP contribution in [0, 0.1) is 17.0 Å². The second-order valence-electron chi connectivity index (χ2n) is 7.42. The Bertz CT molecular complexity index is 1120. The lowest BCUT2D eigenvalue weighted by Gasteiger charge is -2.31. The molecule has 2 heterocycles. The minimum atomic E-state index is -0.451. The predicted molar refractivity (Wildman–Crippen MR) is 118 cm³/mol. The van der Waals surface area contributed by atoms with Gasteiger partial charge in [0.05, 0.1) is 17.6 Å². The first-order valence-electron chi connectivity index (χ1n) is 9.99. The lowest BCUT2D eigenvalue weighted by atomic mass is 9.96. The van der Waals surface area contributed by atoms with Gasteiger partial charge in [-0.25, -0.2) is 0 Å². The zero-order valence-corrected chi connectivity index (χ0v) is 18.1. The van der Waals surface area contributed by atoms with Crippen molar-refractivity contribution in [1.29, 1.82) is 0 Å². The molecule has 0 radical (unpaired) electrons. The molecule has 0 atom stereocenters. The van der Waals surface area contributed by atoms with Gasteiger partial charge >= 0.3 is 0 Å². The molecule has 0 saturated carbocycles. The Morgan fingerprint density at radius 3 is 2.61 bits per heavy atom. The molecule has 1 saturated heterocycles. The topological polar surface area (TPSA) is 98.5 Å². The van der Waals surface area contributed by atoms with Crippen LogP contribution in [-0.4, -0.2) is 46.1 Å². The molecule has 0 aliphatic carbocycles. The Balaban J connectivity index is 1.45. The minimum absolute atomic E-state index is 0.0292. The highest BCUT2D eigenvalue weighted by Gasteiger charge is 2.29. The number of para-hydroxylation sites is 1. The molecule has 160 valence electrons. The molecule has 4 rings (SSSR count). The Morgan fingerprint density at radius 2 is 1.90 bits per heavy atom. The number of nitrogens with zero attached hydrogens (tertiary/aromatic N) is 4. The molecule has 1 aliphatic rings. The van der Waals surface area contributed by atoms with Crippen molar-refractivity contribution in [3.63, 3.8) is 0 Å². The quantitative estimate of drug-likeness (QED) is 0.431. The maximum absolute atomic E-state index is 13.0. The van der Waals surface area contributed by atoms with E-state index in [0.29, 0.717) is 24.2 Å². The normalized spacial score (nSPS) is 14.5. The number of benzene rings is 2. The van der Waals surface area contributed by atoms with Gasteiger partial charge < -0.3 is 9.64 Å². The number of piperidine rings is 1. The number of ether oxygens (including phenoxy) is 1. The van der Waals surface area contributed by atoms with Crippen LogP contribution < -0.4 is 4.74 Å². The van der Waals surface area contributed by atoms with Gasteiger partial charge in [0.25, 0.3) is 11.6 Å². The third kappa shape index (κ3) is 4.13. The zero-order valence-electron chi connectivity index (χ0n) is 17.3. The fourth-order valence-corrected chi connectivity index (χ4v) is 4.92. The first-order chi connectivity index (χ1) is 15.0. The van der Waals surface area contributed by atoms with Crippen molar-refractivity contribution in [3.05, 3.63) is 68.7 Å². The van der Waals surface area contributed by atoms with Crippen molar-refractivity contribution in [1.82, 2.24) is 15.1 Å². The minimum Gasteiger partial charge on any atom is -0.496 e. The van der Waals surface area contributed by atoms with Gasteiger partial charge in [0.1, 0.15) is 10.8 Å². The summed E-state index contributed by atoms with van der Waals surface area (Å²) in [5, 5.41) is 21.7. The lowest BCUT2D eigenvalue weighted by Crippen LogP contribution is -2.38. The van der Waals surface area contributed by atoms with Gasteiger partial charge in [-0.15, -0.1) is 10.2 Å². The van der Waals surface area contributed by atoms with E-state index in [1.165, 1.54) is 6.07 Å². The third-order valence-corrected chi connectivity index (χ3v) is 6.76. The number of rotatable bonds is 5. The molecule has 0 bridgehead atoms. The summed E-state index contributed by atoms with van der Waals surface area (Å²) < 4.78 is 5.42. The number of hydrogen-bond acceptors (Lipinski definition) is 7. The molecule has 0 spiro atoms. The molecule has 3 aromatic rings. The lowest BCUT2D eigenvalue weighted by molar-refractivity contribution is -0.385. The van der Waals surface area contributed by atoms with Gasteiger partial charge in [-0.1, -0.05) is 29.5 Å². The van der Waals surface area contributed by atoms with E-state index in [1.807, 2.05) is 24.3 Å². The van der Waals surface area contributed by atoms with Crippen molar-refractivity contribution in [2.75, 3.05) is 20.2 Å². The molecular weight excluding hydrogens is 416 g/mol. The van der Waals surface area contributed by atoms with Crippen LogP contribution in [-0.2, 0) is 0 Å². The number of carbonyl (C=O) groups excluding carboxylic acids is 1. The van der Waals surface area contributed by atoms with Crippen LogP contribution in [0.3, 0.4) is 0 Å². The molecule has 1 amide bonds. The van der Waals surface area contributed by atoms with Gasteiger partial charge in [-0.2, -0.15) is 0 Å². The Hall–Kier alpha value is -3.33. The first-order valence-corrected chi connectivity index (χ1v) is 10.8. The molecule has 1 fully saturated rings. The van der Waals surface area contributed by atoms with E-state index < -0.39 is 4.92 Å². The van der Waals surface area contributed by atoms with Gasteiger partial charge in [-0.05, 0) is 38.0 Å². The summed E-state index contributed by atoms with van der Waals surface area (Å²) in [7, 11) is 1.64. The standard InChI is InChI=1S/C22H22N4O4S/c1-14-16(7-5-8-18(14)26(28)29)22(27)25-12-10-15(11-13-25)20-23-24-21(31-20)17-6-3-4-9-19(17)30-2/h3-9,15H,10-13H2,1-2H3. The van der Waals surface area contributed by atoms with Gasteiger partial charge in [-0.3, -0.25) is 14.9 Å². The van der Waals surface area contributed by atoms with Crippen molar-refractivity contribution in [3.8, 4) is 16.3 Å². The van der Waals surface area contributed by atoms with E-state index in [-0.39, 0.29) is 17.5 Å². The van der Waals surface area contributed by atoms with Crippen LogP contribution in [0.2, 0.25) is 0 Å². The second kappa shape index (κ2) is 8.81. The van der Waals surface area contributed by atoms with Crippen molar-refractivity contribution in [2.45, 2.75) is 25.7 Å². The van der Waals surface area contributed by atoms with E-state index in [9.17, 15) is 14.9 Å². The number of nitro groups is 1. The van der Waals surface area contributed by atoms with Crippen LogP contribution in [0.4, 0.5) is 5.69 Å². The van der Waals surface area contributed by atoms with Crippen molar-refractivity contribution in [2.24, 2.45) is 0 Å². The first kappa shape index (κ1) is 20.9. The molecule has 0 unspecified atom stereocenters. The number of methoxy groups -OCH3 is 1. The molecule has 1 aromatic heterocycles. The maximum Gasteiger partial charge on any atom is 0.273 e. The number of aromatic nitrogens is 2. The summed E-state index contributed by atoms with van der Waals surface area (Å²) in [4.78, 5) is 25.5. The molecule has 1 aliphatic heterocycles. The van der Waals surface area contributed by atoms with Gasteiger partial charge in [0.15, 0.2) is 5.01 Å². The summed E-state index contributed by atoms with van der Waals surface area (Å²) in [5.41, 5.74) is 1.69. The monoisotopic (exact) mass is 438 g/mol. The van der Waals surface area contributed by atoms with E-state index >= 15 is 0 Å². The number of carbonyl (C=O) groups is 1. The highest BCUT2D eigenvalue weighted by molar-refractivity contribution is 7.14. The largest absolute Gasteiger partial charge is 0.496 e. The average molecular weight is 439 g/mol. The predicted octanol–water partition coefficient (Wildman–Crippen LogP) is 4.45. The van der Waals surface area contributed by atoms with Crippen LogP contribution >= 0.6 is 11.3 Å². The van der Waals surface area contributed by atoms with Crippen LogP contribution in [0.25, 0.3) is 10.6 Å². The van der Waals surface area contributed by atoms with Crippen LogP contribution in [0.1, 0.15) is 39.7 Å². The molecule has 2 aromatic carbocycles. The number of hydrogen-bond donors (Lipinski definition) is 0. The van der Waals surface area contributed by atoms with Gasteiger partial charge in [0.2, 0.25) is 0 Å². The smallest absolute Gasteiger partial charge is 0.273 e. The summed E-state index contributed by atoms with van der Waals surface area (Å²) in [6, 6.07) is 12.4. The molecule has 0 N–H and O–H groups in total. The van der Waals surface area contributed by atoms with Crippen LogP contribution in [0.5, 0.6) is 5.75 Å². The number of nitro benzene ring substituents is 1. The third-order valence-electron chi connectivity index (χ3n) is 5.64. The highest BCUT2D eigenvalue weighted by Crippen LogP contribution is 2.37. The summed E-state index contributed by atoms with van der Waals surface area (Å²) in [5.74, 6) is 0.834. The van der Waals surface area contributed by atoms with Crippen molar-refractivity contribution < 1.29 is 14.5 Å². The second-order valence-corrected chi connectivity index (χ2v) is 8.43. The van der Waals surface area contributed by atoms with E-state index in [1.54, 1.807) is 42.4 Å². The fraction of sp³-hybridized carbons (Fsp3) is 0.318. The average Bonchev–Trinajstić information content (AvgIpc) is 3.29. The van der Waals surface area contributed by atoms with E-state index in [2.05, 4.69) is 10.2 Å². The Labute approximate surface area is 183 Å². The Kier molecular flexibility index (Phi) is 5.94. The zero-order chi connectivity index (χ0) is 22.0. The molecular formula is C22H22N4O4S. The molecule has 9 heteroatoms. The van der Waals surface area contributed by atoms with Crippen LogP contribution in [0.15, 0.2) is 42.5 Å². The maximum atomic E-state index is 13.0. The van der Waals surface area contributed by atoms with E-state index in [4.69, 9.17) is 4.74 Å². The SMILES string of the molecule is COc1ccccc1-c1nnc(C2CCN(C(=O)c3cccc([N+](=O)[O-])c3C)CC2)s1. The van der Waals surface area contributed by atoms with Crippen molar-refractivity contribution >= 4 is 22.9 Å². The Morgan fingerprint density at radius 1 is 1.16 bits per heavy atom. The number of likely N-dealkylation sites (tertiary alicyclic amines) is 1. The fourth-order valence-electron chi connectivity index (χ4n) is 3.88. The highest BCUT2D eigenvalue weighted by atomic mass is 32.1. The summed E-state index contributed by atoms with van der Waals surface area (Å²) in [6.45, 7) is 2.78. The molecule has 8 nitrogen and oxygen atoms in total. The van der Waals surface area contributed by atoms with E-state index in [0.717, 1.165) is 34.2 Å². The van der Waals surface area contributed by atoms with Gasteiger partial charge in [0, 0.05) is 36.2 Å². The molecule has 31 heavy (non-hydrogen) atoms. The summed E-state index contributed by atoms with van der Waals surface area (Å²) >= 11 is 1.56. The number of amides is 1.